The lowest BCUT2D eigenvalue weighted by Crippen LogP contribution is -2.08. The van der Waals surface area contributed by atoms with Gasteiger partial charge in [0.25, 0.3) is 11.4 Å². The molecule has 6 rings (SSSR count). The summed E-state index contributed by atoms with van der Waals surface area (Å²) in [5.74, 6) is 0.151. The van der Waals surface area contributed by atoms with Crippen molar-refractivity contribution in [1.82, 2.24) is 4.98 Å². The van der Waals surface area contributed by atoms with E-state index in [2.05, 4.69) is 4.98 Å². The minimum Gasteiger partial charge on any atom is -0.436 e. The first kappa shape index (κ1) is 26.5. The Balaban J connectivity index is 1.45. The molecule has 1 heterocycles. The highest BCUT2D eigenvalue weighted by atomic mass is 31.2. The fourth-order valence-electron chi connectivity index (χ4n) is 4.22. The van der Waals surface area contributed by atoms with Gasteiger partial charge in [-0.1, -0.05) is 42.5 Å². The lowest BCUT2D eigenvalue weighted by atomic mass is 10.0. The molecule has 0 spiro atoms. The zero-order chi connectivity index (χ0) is 29.3. The van der Waals surface area contributed by atoms with Crippen molar-refractivity contribution in [2.24, 2.45) is 0 Å². The van der Waals surface area contributed by atoms with Gasteiger partial charge in [0.1, 0.15) is 22.8 Å². The van der Waals surface area contributed by atoms with E-state index in [1.165, 1.54) is 48.5 Å². The summed E-state index contributed by atoms with van der Waals surface area (Å²) in [6, 6.07) is 27.5. The van der Waals surface area contributed by atoms with E-state index in [4.69, 9.17) is 18.0 Å². The molecule has 0 bridgehead atoms. The van der Waals surface area contributed by atoms with Crippen LogP contribution in [-0.4, -0.2) is 14.8 Å². The van der Waals surface area contributed by atoms with Crippen molar-refractivity contribution < 1.29 is 32.4 Å². The molecule has 0 amide bonds. The van der Waals surface area contributed by atoms with Crippen LogP contribution < -0.4 is 13.6 Å². The molecule has 0 saturated heterocycles. The monoisotopic (exact) mass is 583 g/mol. The predicted octanol–water partition coefficient (Wildman–Crippen LogP) is 8.11. The number of non-ortho nitro benzene ring substituents is 2. The summed E-state index contributed by atoms with van der Waals surface area (Å²) in [6.07, 6.45) is 0. The molecule has 0 N–H and O–H groups in total. The fourth-order valence-corrected chi connectivity index (χ4v) is 5.48. The molecule has 208 valence electrons. The highest BCUT2D eigenvalue weighted by Gasteiger charge is 2.35. The molecular weight excluding hydrogens is 565 g/mol. The van der Waals surface area contributed by atoms with Crippen molar-refractivity contribution in [3.8, 4) is 28.7 Å². The van der Waals surface area contributed by atoms with Crippen molar-refractivity contribution in [1.29, 1.82) is 0 Å². The third kappa shape index (κ3) is 5.34. The molecule has 12 nitrogen and oxygen atoms in total. The Hall–Kier alpha value is -5.74. The number of nitrogens with zero attached hydrogens (tertiary/aromatic N) is 3. The summed E-state index contributed by atoms with van der Waals surface area (Å²) < 4.78 is 37.7. The van der Waals surface area contributed by atoms with E-state index in [0.29, 0.717) is 22.0 Å². The van der Waals surface area contributed by atoms with Crippen LogP contribution in [0.4, 0.5) is 11.4 Å². The molecule has 42 heavy (non-hydrogen) atoms. The molecule has 0 aliphatic carbocycles. The second-order valence-electron chi connectivity index (χ2n) is 8.87. The number of hydrogen-bond donors (Lipinski definition) is 0. The second kappa shape index (κ2) is 10.7. The fraction of sp³-hybridized carbons (Fsp3) is 0. The van der Waals surface area contributed by atoms with E-state index in [1.807, 2.05) is 36.4 Å². The molecule has 0 radical (unpaired) electrons. The smallest absolute Gasteiger partial charge is 0.436 e. The van der Waals surface area contributed by atoms with Crippen LogP contribution in [-0.2, 0) is 4.57 Å². The summed E-state index contributed by atoms with van der Waals surface area (Å²) in [5.41, 5.74) is 1.09. The van der Waals surface area contributed by atoms with Gasteiger partial charge < -0.3 is 18.0 Å². The third-order valence-corrected chi connectivity index (χ3v) is 7.43. The van der Waals surface area contributed by atoms with Gasteiger partial charge in [0.2, 0.25) is 5.89 Å². The number of fused-ring (bicyclic) bond motifs is 2. The van der Waals surface area contributed by atoms with E-state index in [9.17, 15) is 24.8 Å². The van der Waals surface area contributed by atoms with E-state index in [-0.39, 0.29) is 34.5 Å². The Morgan fingerprint density at radius 3 is 1.83 bits per heavy atom. The van der Waals surface area contributed by atoms with Crippen molar-refractivity contribution in [2.45, 2.75) is 0 Å². The maximum atomic E-state index is 14.3. The van der Waals surface area contributed by atoms with Gasteiger partial charge in [0.05, 0.1) is 15.4 Å². The average molecular weight is 583 g/mol. The summed E-state index contributed by atoms with van der Waals surface area (Å²) in [6.45, 7) is 0. The van der Waals surface area contributed by atoms with Gasteiger partial charge in [-0.3, -0.25) is 20.2 Å². The molecule has 0 atom stereocenters. The van der Waals surface area contributed by atoms with Gasteiger partial charge in [0.15, 0.2) is 5.58 Å². The van der Waals surface area contributed by atoms with Gasteiger partial charge >= 0.3 is 7.82 Å². The maximum absolute atomic E-state index is 14.3. The number of phosphoric acid groups is 1. The van der Waals surface area contributed by atoms with Crippen LogP contribution in [0, 0.1) is 20.2 Å². The highest BCUT2D eigenvalue weighted by molar-refractivity contribution is 7.49. The number of hydrogen-bond acceptors (Lipinski definition) is 10. The zero-order valence-corrected chi connectivity index (χ0v) is 22.2. The van der Waals surface area contributed by atoms with Crippen LogP contribution in [0.2, 0.25) is 0 Å². The Morgan fingerprint density at radius 1 is 0.667 bits per heavy atom. The normalized spacial score (nSPS) is 11.3. The number of nitro groups is 2. The average Bonchev–Trinajstić information content (AvgIpc) is 3.41. The minimum atomic E-state index is -4.63. The molecule has 0 fully saturated rings. The largest absolute Gasteiger partial charge is 0.647 e. The van der Waals surface area contributed by atoms with Gasteiger partial charge in [0, 0.05) is 24.3 Å². The molecule has 0 aliphatic heterocycles. The van der Waals surface area contributed by atoms with Gasteiger partial charge in [-0.25, -0.2) is 4.98 Å². The maximum Gasteiger partial charge on any atom is 0.647 e. The lowest BCUT2D eigenvalue weighted by Gasteiger charge is -2.21. The molecule has 0 unspecified atom stereocenters. The third-order valence-electron chi connectivity index (χ3n) is 6.14. The number of benzene rings is 5. The van der Waals surface area contributed by atoms with Gasteiger partial charge in [-0.2, -0.15) is 4.57 Å². The van der Waals surface area contributed by atoms with Crippen LogP contribution in [0.3, 0.4) is 0 Å². The first-order valence-corrected chi connectivity index (χ1v) is 13.8. The zero-order valence-electron chi connectivity index (χ0n) is 21.4. The first-order valence-electron chi connectivity index (χ1n) is 12.3. The Labute approximate surface area is 236 Å². The number of para-hydroxylation sites is 2. The van der Waals surface area contributed by atoms with Crippen LogP contribution in [0.1, 0.15) is 0 Å². The second-order valence-corrected chi connectivity index (χ2v) is 10.3. The quantitative estimate of drug-likeness (QED) is 0.0924. The molecule has 6 aromatic rings. The van der Waals surface area contributed by atoms with Crippen LogP contribution in [0.15, 0.2) is 114 Å². The minimum absolute atomic E-state index is 0.0463. The molecule has 0 saturated carbocycles. The van der Waals surface area contributed by atoms with Crippen molar-refractivity contribution in [3.05, 3.63) is 129 Å². The van der Waals surface area contributed by atoms with Crippen LogP contribution in [0.5, 0.6) is 17.2 Å². The molecular formula is C29H18N3O9P. The molecule has 13 heteroatoms. The van der Waals surface area contributed by atoms with E-state index in [0.717, 1.165) is 5.39 Å². The molecule has 0 aliphatic rings. The summed E-state index contributed by atoms with van der Waals surface area (Å²) in [7, 11) is -4.63. The Morgan fingerprint density at radius 2 is 1.24 bits per heavy atom. The van der Waals surface area contributed by atoms with Crippen molar-refractivity contribution >= 4 is 41.1 Å². The number of rotatable bonds is 9. The van der Waals surface area contributed by atoms with Crippen molar-refractivity contribution in [3.63, 3.8) is 0 Å². The van der Waals surface area contributed by atoms with E-state index in [1.54, 1.807) is 24.3 Å². The standard InChI is InChI=1S/C29H18N3O9P/c33-31(34)20-10-14-22(15-11-20)39-42(37,40-23-16-12-21(13-17-23)32(35)36)41-27-18-9-19-5-1-2-6-24(19)28(27)29-30-25-7-3-4-8-26(25)38-29/h1-18H. The topological polar surface area (TPSA) is 157 Å². The molecule has 5 aromatic carbocycles. The SMILES string of the molecule is O=[N+]([O-])c1ccc(OP(=O)(Oc2ccc([N+](=O)[O-])cc2)Oc2ccc3ccccc3c2-c2nc3ccccc3o2)cc1. The number of phosphoric ester groups is 1. The number of aromatic nitrogens is 1. The summed E-state index contributed by atoms with van der Waals surface area (Å²) in [5, 5.41) is 23.7. The molecule has 1 aromatic heterocycles. The van der Waals surface area contributed by atoms with E-state index < -0.39 is 17.7 Å². The first-order chi connectivity index (χ1) is 20.3. The Kier molecular flexibility index (Phi) is 6.73. The lowest BCUT2D eigenvalue weighted by molar-refractivity contribution is -0.385. The predicted molar refractivity (Wildman–Crippen MR) is 153 cm³/mol. The number of nitro benzene ring substituents is 2. The van der Waals surface area contributed by atoms with Crippen LogP contribution in [0.25, 0.3) is 33.3 Å². The van der Waals surface area contributed by atoms with Gasteiger partial charge in [-0.15, -0.1) is 0 Å². The van der Waals surface area contributed by atoms with E-state index >= 15 is 0 Å². The van der Waals surface area contributed by atoms with Gasteiger partial charge in [-0.05, 0) is 53.2 Å². The summed E-state index contributed by atoms with van der Waals surface area (Å²) >= 11 is 0. The number of oxazole rings is 1. The highest BCUT2D eigenvalue weighted by Crippen LogP contribution is 2.52. The Bertz CT molecular complexity index is 1910. The summed E-state index contributed by atoms with van der Waals surface area (Å²) in [4.78, 5) is 25.6. The van der Waals surface area contributed by atoms with Crippen molar-refractivity contribution in [2.75, 3.05) is 0 Å². The van der Waals surface area contributed by atoms with Crippen LogP contribution >= 0.6 is 7.82 Å².